The topological polar surface area (TPSA) is 99.9 Å². The average molecular weight is 305 g/mol. The highest BCUT2D eigenvalue weighted by molar-refractivity contribution is 5.86. The number of aromatic nitrogens is 3. The van der Waals surface area contributed by atoms with Crippen LogP contribution >= 0.6 is 0 Å². The van der Waals surface area contributed by atoms with Crippen molar-refractivity contribution in [3.63, 3.8) is 0 Å². The molecule has 0 aliphatic carbocycles. The molecule has 0 aliphatic rings. The van der Waals surface area contributed by atoms with Gasteiger partial charge in [0.1, 0.15) is 11.8 Å². The molecule has 2 rings (SSSR count). The summed E-state index contributed by atoms with van der Waals surface area (Å²) in [7, 11) is 0. The number of aromatic amines is 1. The van der Waals surface area contributed by atoms with E-state index in [1.807, 2.05) is 13.1 Å². The van der Waals surface area contributed by atoms with Crippen LogP contribution in [0.4, 0.5) is 5.82 Å². The maximum Gasteiger partial charge on any atom is 0.151 e. The Bertz CT molecular complexity index is 581. The van der Waals surface area contributed by atoms with Gasteiger partial charge in [0.2, 0.25) is 0 Å². The van der Waals surface area contributed by atoms with Crippen molar-refractivity contribution in [3.8, 4) is 0 Å². The van der Waals surface area contributed by atoms with Gasteiger partial charge in [-0.1, -0.05) is 26.2 Å². The first kappa shape index (κ1) is 16.7. The number of unbranched alkanes of at least 4 members (excludes halogenated alkanes) is 2. The molecule has 6 heteroatoms. The zero-order chi connectivity index (χ0) is 15.9. The number of aliphatic hydroxyl groups excluding tert-OH is 1. The smallest absolute Gasteiger partial charge is 0.151 e. The van der Waals surface area contributed by atoms with Gasteiger partial charge in [0.15, 0.2) is 5.82 Å². The maximum absolute atomic E-state index is 9.89. The van der Waals surface area contributed by atoms with Crippen molar-refractivity contribution >= 4 is 16.9 Å². The second-order valence-electron chi connectivity index (χ2n) is 5.92. The van der Waals surface area contributed by atoms with Gasteiger partial charge in [0.05, 0.1) is 11.6 Å². The average Bonchev–Trinajstić information content (AvgIpc) is 2.90. The summed E-state index contributed by atoms with van der Waals surface area (Å²) < 4.78 is 0. The molecule has 0 unspecified atom stereocenters. The number of fused-ring (bicyclic) bond motifs is 1. The first-order valence-electron chi connectivity index (χ1n) is 8.08. The molecule has 5 N–H and O–H groups in total. The second-order valence-corrected chi connectivity index (χ2v) is 5.92. The molecule has 0 amide bonds. The molecule has 0 radical (unpaired) electrons. The van der Waals surface area contributed by atoms with Crippen molar-refractivity contribution in [3.05, 3.63) is 18.1 Å². The lowest BCUT2D eigenvalue weighted by atomic mass is 9.96. The normalized spacial score (nSPS) is 14.3. The van der Waals surface area contributed by atoms with E-state index >= 15 is 0 Å². The number of rotatable bonds is 9. The molecule has 2 atom stereocenters. The Morgan fingerprint density at radius 3 is 2.91 bits per heavy atom. The molecule has 2 aromatic heterocycles. The Balaban J connectivity index is 1.89. The van der Waals surface area contributed by atoms with E-state index in [9.17, 15) is 5.11 Å². The lowest BCUT2D eigenvalue weighted by Gasteiger charge is -2.20. The highest BCUT2D eigenvalue weighted by atomic mass is 16.3. The summed E-state index contributed by atoms with van der Waals surface area (Å²) in [6.07, 6.45) is 7.77. The maximum atomic E-state index is 9.89. The molecule has 0 aromatic carbocycles. The Morgan fingerprint density at radius 1 is 1.36 bits per heavy atom. The number of aliphatic hydroxyl groups is 1. The predicted molar refractivity (Wildman–Crippen MR) is 89.3 cm³/mol. The van der Waals surface area contributed by atoms with Crippen LogP contribution in [0.15, 0.2) is 12.5 Å². The second kappa shape index (κ2) is 8.10. The molecule has 0 spiro atoms. The minimum Gasteiger partial charge on any atom is -0.393 e. The minimum atomic E-state index is -0.287. The van der Waals surface area contributed by atoms with Crippen LogP contribution in [0, 0.1) is 5.92 Å². The summed E-state index contributed by atoms with van der Waals surface area (Å²) in [5.74, 6) is 0.758. The summed E-state index contributed by atoms with van der Waals surface area (Å²) in [5.41, 5.74) is 8.54. The molecular weight excluding hydrogens is 278 g/mol. The fourth-order valence-corrected chi connectivity index (χ4v) is 2.71. The number of nitrogen functional groups attached to an aromatic ring is 1. The molecule has 22 heavy (non-hydrogen) atoms. The third kappa shape index (κ3) is 4.18. The third-order valence-corrected chi connectivity index (χ3v) is 4.15. The SMILES string of the molecule is CCCCC[C@@H](CNCc1c[nH]c2c(N)ncnc12)[C@@H](C)O. The zero-order valence-corrected chi connectivity index (χ0v) is 13.5. The number of nitrogens with one attached hydrogen (secondary N) is 2. The highest BCUT2D eigenvalue weighted by Gasteiger charge is 2.15. The Kier molecular flexibility index (Phi) is 6.15. The van der Waals surface area contributed by atoms with Crippen LogP contribution in [0.5, 0.6) is 0 Å². The Morgan fingerprint density at radius 2 is 2.18 bits per heavy atom. The number of anilines is 1. The number of H-pyrrole nitrogens is 1. The van der Waals surface area contributed by atoms with Crippen molar-refractivity contribution in [1.82, 2.24) is 20.3 Å². The van der Waals surface area contributed by atoms with Crippen LogP contribution in [-0.2, 0) is 6.54 Å². The van der Waals surface area contributed by atoms with Crippen LogP contribution in [-0.4, -0.2) is 32.7 Å². The summed E-state index contributed by atoms with van der Waals surface area (Å²) in [4.78, 5) is 11.4. The molecular formula is C16H27N5O. The highest BCUT2D eigenvalue weighted by Crippen LogP contribution is 2.19. The van der Waals surface area contributed by atoms with E-state index in [-0.39, 0.29) is 12.0 Å². The monoisotopic (exact) mass is 305 g/mol. The van der Waals surface area contributed by atoms with Crippen LogP contribution in [0.3, 0.4) is 0 Å². The van der Waals surface area contributed by atoms with Crippen molar-refractivity contribution < 1.29 is 5.11 Å². The van der Waals surface area contributed by atoms with Gasteiger partial charge in [0, 0.05) is 24.8 Å². The van der Waals surface area contributed by atoms with Crippen LogP contribution in [0.25, 0.3) is 11.0 Å². The third-order valence-electron chi connectivity index (χ3n) is 4.15. The van der Waals surface area contributed by atoms with Gasteiger partial charge in [-0.2, -0.15) is 0 Å². The van der Waals surface area contributed by atoms with E-state index < -0.39 is 0 Å². The Hall–Kier alpha value is -1.66. The minimum absolute atomic E-state index is 0.287. The van der Waals surface area contributed by atoms with Gasteiger partial charge in [-0.05, 0) is 19.3 Å². The molecule has 0 fully saturated rings. The van der Waals surface area contributed by atoms with Gasteiger partial charge in [-0.15, -0.1) is 0 Å². The predicted octanol–water partition coefficient (Wildman–Crippen LogP) is 2.21. The molecule has 0 aliphatic heterocycles. The summed E-state index contributed by atoms with van der Waals surface area (Å²) in [6.45, 7) is 5.57. The number of hydrogen-bond donors (Lipinski definition) is 4. The lowest BCUT2D eigenvalue weighted by Crippen LogP contribution is -2.29. The molecule has 0 bridgehead atoms. The van der Waals surface area contributed by atoms with Gasteiger partial charge >= 0.3 is 0 Å². The van der Waals surface area contributed by atoms with E-state index in [0.717, 1.165) is 29.6 Å². The largest absolute Gasteiger partial charge is 0.393 e. The van der Waals surface area contributed by atoms with E-state index in [2.05, 4.69) is 27.2 Å². The molecule has 0 saturated heterocycles. The summed E-state index contributed by atoms with van der Waals surface area (Å²) in [6, 6.07) is 0. The molecule has 2 aromatic rings. The van der Waals surface area contributed by atoms with E-state index in [4.69, 9.17) is 5.73 Å². The van der Waals surface area contributed by atoms with Crippen LogP contribution < -0.4 is 11.1 Å². The summed E-state index contributed by atoms with van der Waals surface area (Å²) >= 11 is 0. The quantitative estimate of drug-likeness (QED) is 0.532. The number of hydrogen-bond acceptors (Lipinski definition) is 5. The first-order valence-corrected chi connectivity index (χ1v) is 8.08. The molecule has 2 heterocycles. The molecule has 6 nitrogen and oxygen atoms in total. The Labute approximate surface area is 131 Å². The van der Waals surface area contributed by atoms with Gasteiger partial charge in [-0.25, -0.2) is 9.97 Å². The van der Waals surface area contributed by atoms with Crippen molar-refractivity contribution in [2.75, 3.05) is 12.3 Å². The number of nitrogens with two attached hydrogens (primary N) is 1. The van der Waals surface area contributed by atoms with Crippen LogP contribution in [0.2, 0.25) is 0 Å². The first-order chi connectivity index (χ1) is 10.6. The lowest BCUT2D eigenvalue weighted by molar-refractivity contribution is 0.117. The number of nitrogens with zero attached hydrogens (tertiary/aromatic N) is 2. The fraction of sp³-hybridized carbons (Fsp3) is 0.625. The molecule has 122 valence electrons. The van der Waals surface area contributed by atoms with Crippen molar-refractivity contribution in [2.45, 2.75) is 52.2 Å². The van der Waals surface area contributed by atoms with Gasteiger partial charge in [0.25, 0.3) is 0 Å². The molecule has 0 saturated carbocycles. The van der Waals surface area contributed by atoms with Crippen molar-refractivity contribution in [2.24, 2.45) is 5.92 Å². The fourth-order valence-electron chi connectivity index (χ4n) is 2.71. The zero-order valence-electron chi connectivity index (χ0n) is 13.5. The summed E-state index contributed by atoms with van der Waals surface area (Å²) in [5, 5.41) is 13.3. The van der Waals surface area contributed by atoms with Gasteiger partial charge < -0.3 is 21.1 Å². The van der Waals surface area contributed by atoms with E-state index in [1.165, 1.54) is 25.6 Å². The van der Waals surface area contributed by atoms with E-state index in [0.29, 0.717) is 12.4 Å². The van der Waals surface area contributed by atoms with Crippen molar-refractivity contribution in [1.29, 1.82) is 0 Å². The van der Waals surface area contributed by atoms with Crippen LogP contribution in [0.1, 0.15) is 45.1 Å². The standard InChI is InChI=1S/C16H27N5O/c1-3-4-5-6-12(11(2)22)7-18-8-13-9-19-15-14(13)20-10-21-16(15)17/h9-12,18-19,22H,3-8H2,1-2H3,(H2,17,20,21)/t11-,12+/m1/s1. The van der Waals surface area contributed by atoms with E-state index in [1.54, 1.807) is 0 Å². The van der Waals surface area contributed by atoms with Gasteiger partial charge in [-0.3, -0.25) is 0 Å².